The molecule has 1 rings (SSSR count). The van der Waals surface area contributed by atoms with Gasteiger partial charge in [0.2, 0.25) is 5.91 Å². The van der Waals surface area contributed by atoms with E-state index in [-0.39, 0.29) is 11.9 Å². The molecule has 15 heavy (non-hydrogen) atoms. The molecule has 0 aromatic carbocycles. The molecule has 1 saturated heterocycles. The molecule has 2 N–H and O–H groups in total. The molecule has 4 nitrogen and oxygen atoms in total. The summed E-state index contributed by atoms with van der Waals surface area (Å²) in [5.74, 6) is 0.229. The van der Waals surface area contributed by atoms with Crippen LogP contribution in [0.3, 0.4) is 0 Å². The number of likely N-dealkylation sites (N-methyl/N-ethyl adjacent to an activating group) is 1. The van der Waals surface area contributed by atoms with Crippen molar-refractivity contribution in [3.8, 4) is 0 Å². The molecule has 0 aliphatic carbocycles. The quantitative estimate of drug-likeness (QED) is 0.729. The number of amides is 1. The summed E-state index contributed by atoms with van der Waals surface area (Å²) in [6.07, 6.45) is 1.85. The van der Waals surface area contributed by atoms with E-state index in [9.17, 15) is 4.79 Å². The normalized spacial score (nSPS) is 25.7. The average molecular weight is 213 g/mol. The second kappa shape index (κ2) is 5.47. The maximum Gasteiger partial charge on any atom is 0.239 e. The van der Waals surface area contributed by atoms with Crippen molar-refractivity contribution in [2.45, 2.75) is 38.8 Å². The molecular formula is C11H23N3O. The standard InChI is InChI=1S/C11H23N3O/c1-4-9(2)14-8-7-13(3)11(15)10(14)5-6-12/h9-10H,4-8,12H2,1-3H3. The minimum atomic E-state index is 0.00343. The van der Waals surface area contributed by atoms with Gasteiger partial charge < -0.3 is 10.6 Å². The summed E-state index contributed by atoms with van der Waals surface area (Å²) in [7, 11) is 1.87. The van der Waals surface area contributed by atoms with Crippen molar-refractivity contribution in [2.24, 2.45) is 5.73 Å². The first-order chi connectivity index (χ1) is 7.11. The molecule has 4 heteroatoms. The average Bonchev–Trinajstić information content (AvgIpc) is 2.24. The van der Waals surface area contributed by atoms with Gasteiger partial charge in [-0.3, -0.25) is 9.69 Å². The first-order valence-electron chi connectivity index (χ1n) is 5.82. The molecule has 0 aromatic heterocycles. The summed E-state index contributed by atoms with van der Waals surface area (Å²) in [6, 6.07) is 0.475. The van der Waals surface area contributed by atoms with Gasteiger partial charge >= 0.3 is 0 Å². The lowest BCUT2D eigenvalue weighted by molar-refractivity contribution is -0.141. The molecule has 0 spiro atoms. The second-order valence-corrected chi connectivity index (χ2v) is 4.35. The van der Waals surface area contributed by atoms with Crippen molar-refractivity contribution in [3.05, 3.63) is 0 Å². The molecular weight excluding hydrogens is 190 g/mol. The Morgan fingerprint density at radius 3 is 2.73 bits per heavy atom. The molecule has 1 aliphatic rings. The first kappa shape index (κ1) is 12.5. The van der Waals surface area contributed by atoms with E-state index >= 15 is 0 Å². The lowest BCUT2D eigenvalue weighted by Crippen LogP contribution is -2.58. The van der Waals surface area contributed by atoms with Gasteiger partial charge in [0.25, 0.3) is 0 Å². The highest BCUT2D eigenvalue weighted by Crippen LogP contribution is 2.17. The van der Waals surface area contributed by atoms with E-state index in [2.05, 4.69) is 18.7 Å². The van der Waals surface area contributed by atoms with Crippen molar-refractivity contribution >= 4 is 5.91 Å². The second-order valence-electron chi connectivity index (χ2n) is 4.35. The molecule has 88 valence electrons. The molecule has 0 bridgehead atoms. The van der Waals surface area contributed by atoms with E-state index < -0.39 is 0 Å². The summed E-state index contributed by atoms with van der Waals surface area (Å²) >= 11 is 0. The summed E-state index contributed by atoms with van der Waals surface area (Å²) in [5.41, 5.74) is 5.57. The summed E-state index contributed by atoms with van der Waals surface area (Å²) in [6.45, 7) is 6.73. The third-order valence-corrected chi connectivity index (χ3v) is 3.35. The Morgan fingerprint density at radius 1 is 1.53 bits per heavy atom. The molecule has 0 saturated carbocycles. The Bertz CT molecular complexity index is 220. The Morgan fingerprint density at radius 2 is 2.20 bits per heavy atom. The monoisotopic (exact) mass is 213 g/mol. The van der Waals surface area contributed by atoms with Gasteiger partial charge in [0.15, 0.2) is 0 Å². The largest absolute Gasteiger partial charge is 0.343 e. The van der Waals surface area contributed by atoms with Crippen LogP contribution in [-0.2, 0) is 4.79 Å². The Hall–Kier alpha value is -0.610. The molecule has 1 heterocycles. The van der Waals surface area contributed by atoms with E-state index in [4.69, 9.17) is 5.73 Å². The third-order valence-electron chi connectivity index (χ3n) is 3.35. The fraction of sp³-hybridized carbons (Fsp3) is 0.909. The van der Waals surface area contributed by atoms with Gasteiger partial charge in [-0.05, 0) is 26.3 Å². The van der Waals surface area contributed by atoms with Crippen LogP contribution in [0.15, 0.2) is 0 Å². The molecule has 0 radical (unpaired) electrons. The first-order valence-corrected chi connectivity index (χ1v) is 5.82. The highest BCUT2D eigenvalue weighted by molar-refractivity contribution is 5.82. The fourth-order valence-corrected chi connectivity index (χ4v) is 2.14. The number of carbonyl (C=O) groups excluding carboxylic acids is 1. The number of nitrogens with zero attached hydrogens (tertiary/aromatic N) is 2. The fourth-order valence-electron chi connectivity index (χ4n) is 2.14. The van der Waals surface area contributed by atoms with Crippen molar-refractivity contribution in [1.82, 2.24) is 9.80 Å². The van der Waals surface area contributed by atoms with Crippen LogP contribution in [0, 0.1) is 0 Å². The zero-order valence-corrected chi connectivity index (χ0v) is 10.1. The van der Waals surface area contributed by atoms with Crippen LogP contribution in [0.25, 0.3) is 0 Å². The van der Waals surface area contributed by atoms with Crippen LogP contribution in [0.5, 0.6) is 0 Å². The van der Waals surface area contributed by atoms with Crippen LogP contribution in [0.1, 0.15) is 26.7 Å². The van der Waals surface area contributed by atoms with E-state index in [0.717, 1.165) is 25.9 Å². The van der Waals surface area contributed by atoms with Crippen LogP contribution >= 0.6 is 0 Å². The molecule has 2 atom stereocenters. The molecule has 1 amide bonds. The molecule has 1 aliphatic heterocycles. The van der Waals surface area contributed by atoms with Gasteiger partial charge in [-0.1, -0.05) is 6.92 Å². The van der Waals surface area contributed by atoms with Gasteiger partial charge in [-0.25, -0.2) is 0 Å². The zero-order valence-electron chi connectivity index (χ0n) is 10.1. The number of hydrogen-bond donors (Lipinski definition) is 1. The topological polar surface area (TPSA) is 49.6 Å². The number of nitrogens with two attached hydrogens (primary N) is 1. The predicted molar refractivity (Wildman–Crippen MR) is 61.6 cm³/mol. The van der Waals surface area contributed by atoms with Gasteiger partial charge in [0.05, 0.1) is 6.04 Å². The smallest absolute Gasteiger partial charge is 0.239 e. The minimum Gasteiger partial charge on any atom is -0.343 e. The lowest BCUT2D eigenvalue weighted by Gasteiger charge is -2.42. The molecule has 0 aromatic rings. The SMILES string of the molecule is CCC(C)N1CCN(C)C(=O)C1CCN. The maximum atomic E-state index is 12.0. The maximum absolute atomic E-state index is 12.0. The Labute approximate surface area is 92.4 Å². The van der Waals surface area contributed by atoms with Crippen molar-refractivity contribution in [3.63, 3.8) is 0 Å². The predicted octanol–water partition coefficient (Wildman–Crippen LogP) is 0.276. The summed E-state index contributed by atoms with van der Waals surface area (Å²) < 4.78 is 0. The zero-order chi connectivity index (χ0) is 11.4. The number of rotatable bonds is 4. The summed E-state index contributed by atoms with van der Waals surface area (Å²) in [5, 5.41) is 0. The third kappa shape index (κ3) is 2.69. The Balaban J connectivity index is 2.72. The lowest BCUT2D eigenvalue weighted by atomic mass is 10.0. The number of piperazine rings is 1. The van der Waals surface area contributed by atoms with Crippen LogP contribution < -0.4 is 5.73 Å². The van der Waals surface area contributed by atoms with Crippen molar-refractivity contribution < 1.29 is 4.79 Å². The van der Waals surface area contributed by atoms with E-state index in [1.165, 1.54) is 0 Å². The highest BCUT2D eigenvalue weighted by Gasteiger charge is 2.34. The number of carbonyl (C=O) groups is 1. The van der Waals surface area contributed by atoms with Crippen LogP contribution in [-0.4, -0.2) is 54.5 Å². The van der Waals surface area contributed by atoms with E-state index in [1.807, 2.05) is 11.9 Å². The highest BCUT2D eigenvalue weighted by atomic mass is 16.2. The van der Waals surface area contributed by atoms with Crippen molar-refractivity contribution in [2.75, 3.05) is 26.7 Å². The number of hydrogen-bond acceptors (Lipinski definition) is 3. The molecule has 1 fully saturated rings. The van der Waals surface area contributed by atoms with Gasteiger partial charge in [-0.2, -0.15) is 0 Å². The minimum absolute atomic E-state index is 0.00343. The van der Waals surface area contributed by atoms with Crippen LogP contribution in [0.2, 0.25) is 0 Å². The van der Waals surface area contributed by atoms with E-state index in [0.29, 0.717) is 12.6 Å². The van der Waals surface area contributed by atoms with Gasteiger partial charge in [0.1, 0.15) is 0 Å². The van der Waals surface area contributed by atoms with Crippen LogP contribution in [0.4, 0.5) is 0 Å². The van der Waals surface area contributed by atoms with Crippen molar-refractivity contribution in [1.29, 1.82) is 0 Å². The Kier molecular flexibility index (Phi) is 4.54. The van der Waals surface area contributed by atoms with E-state index in [1.54, 1.807) is 0 Å². The molecule has 2 unspecified atom stereocenters. The van der Waals surface area contributed by atoms with Gasteiger partial charge in [-0.15, -0.1) is 0 Å². The van der Waals surface area contributed by atoms with Gasteiger partial charge in [0, 0.05) is 26.2 Å². The summed E-state index contributed by atoms with van der Waals surface area (Å²) in [4.78, 5) is 16.1.